The summed E-state index contributed by atoms with van der Waals surface area (Å²) in [7, 11) is 0. The van der Waals surface area contributed by atoms with Crippen molar-refractivity contribution in [3.8, 4) is 33.9 Å². The molecule has 9 aromatic rings. The molecule has 0 spiro atoms. The lowest BCUT2D eigenvalue weighted by Crippen LogP contribution is -2.07. The van der Waals surface area contributed by atoms with E-state index >= 15 is 0 Å². The first-order chi connectivity index (χ1) is 25.2. The zero-order chi connectivity index (χ0) is 34.1. The Balaban J connectivity index is 1.26. The maximum Gasteiger partial charge on any atom is 0.137 e. The van der Waals surface area contributed by atoms with Crippen LogP contribution in [-0.2, 0) is 12.8 Å². The molecule has 0 fully saturated rings. The van der Waals surface area contributed by atoms with E-state index < -0.39 is 0 Å². The molecule has 10 rings (SSSR count). The monoisotopic (exact) mass is 656 g/mol. The molecule has 0 unspecified atom stereocenters. The molecule has 4 aromatic carbocycles. The number of fused-ring (bicyclic) bond motifs is 10. The molecule has 1 aliphatic carbocycles. The van der Waals surface area contributed by atoms with E-state index in [1.54, 1.807) is 6.20 Å². The smallest absolute Gasteiger partial charge is 0.137 e. The molecule has 5 aromatic heterocycles. The van der Waals surface area contributed by atoms with Gasteiger partial charge in [-0.15, -0.1) is 0 Å². The minimum atomic E-state index is 0.898. The van der Waals surface area contributed by atoms with Gasteiger partial charge in [-0.2, -0.15) is 0 Å². The van der Waals surface area contributed by atoms with Crippen LogP contribution in [0.4, 0.5) is 0 Å². The fraction of sp³-hybridized carbons (Fsp3) is 0.0444. The Hall–Kier alpha value is -6.79. The van der Waals surface area contributed by atoms with Gasteiger partial charge in [0.25, 0.3) is 0 Å². The summed E-state index contributed by atoms with van der Waals surface area (Å²) in [5.74, 6) is 1.80. The molecule has 0 bridgehead atoms. The number of benzene rings is 4. The number of pyridine rings is 3. The Morgan fingerprint density at radius 1 is 0.627 bits per heavy atom. The van der Waals surface area contributed by atoms with Crippen molar-refractivity contribution >= 4 is 49.2 Å². The standard InChI is InChI=1S/C45H32N6/c1-2-28(26-46)29-12-18-41-37(22-29)35-16-15-33-34(45(35)51(41)44-10-4-6-21-49-44)14-11-31-24-39-38-23-30(32-8-7-19-47-27-32)13-17-40(38)50(42(39)25-36(31)33)43-9-3-5-20-48-43/h2-10,12-13,15-27H,1,11,14,46H2/b28-26+. The Kier molecular flexibility index (Phi) is 6.51. The number of allylic oxidation sites excluding steroid dienone is 2. The lowest BCUT2D eigenvalue weighted by atomic mass is 9.83. The summed E-state index contributed by atoms with van der Waals surface area (Å²) in [4.78, 5) is 14.1. The summed E-state index contributed by atoms with van der Waals surface area (Å²) < 4.78 is 4.64. The Bertz CT molecular complexity index is 2860. The predicted molar refractivity (Wildman–Crippen MR) is 209 cm³/mol. The highest BCUT2D eigenvalue weighted by atomic mass is 15.1. The van der Waals surface area contributed by atoms with Gasteiger partial charge in [0, 0.05) is 58.1 Å². The van der Waals surface area contributed by atoms with E-state index in [4.69, 9.17) is 15.7 Å². The molecule has 5 heterocycles. The zero-order valence-corrected chi connectivity index (χ0v) is 27.8. The van der Waals surface area contributed by atoms with Crippen LogP contribution in [0.15, 0.2) is 153 Å². The van der Waals surface area contributed by atoms with Crippen LogP contribution < -0.4 is 5.73 Å². The van der Waals surface area contributed by atoms with E-state index in [9.17, 15) is 0 Å². The first kappa shape index (κ1) is 29.2. The first-order valence-corrected chi connectivity index (χ1v) is 17.2. The van der Waals surface area contributed by atoms with Gasteiger partial charge in [0.15, 0.2) is 0 Å². The molecule has 1 aliphatic rings. The van der Waals surface area contributed by atoms with Gasteiger partial charge in [-0.1, -0.05) is 55.1 Å². The maximum atomic E-state index is 5.99. The highest BCUT2D eigenvalue weighted by Gasteiger charge is 2.26. The first-order valence-electron chi connectivity index (χ1n) is 17.2. The van der Waals surface area contributed by atoms with E-state index in [-0.39, 0.29) is 0 Å². The number of rotatable bonds is 5. The van der Waals surface area contributed by atoms with Gasteiger partial charge in [-0.25, -0.2) is 9.97 Å². The van der Waals surface area contributed by atoms with Crippen LogP contribution in [0.2, 0.25) is 0 Å². The molecule has 0 saturated heterocycles. The molecular weight excluding hydrogens is 625 g/mol. The number of hydrogen-bond donors (Lipinski definition) is 1. The highest BCUT2D eigenvalue weighted by molar-refractivity contribution is 6.14. The molecule has 2 N–H and O–H groups in total. The van der Waals surface area contributed by atoms with Crippen molar-refractivity contribution in [1.82, 2.24) is 24.1 Å². The van der Waals surface area contributed by atoms with Crippen LogP contribution in [0.5, 0.6) is 0 Å². The number of hydrogen-bond acceptors (Lipinski definition) is 4. The minimum Gasteiger partial charge on any atom is -0.404 e. The lowest BCUT2D eigenvalue weighted by molar-refractivity contribution is 0.941. The number of nitrogens with two attached hydrogens (primary N) is 1. The average molecular weight is 657 g/mol. The number of aromatic nitrogens is 5. The van der Waals surface area contributed by atoms with Crippen molar-refractivity contribution < 1.29 is 0 Å². The van der Waals surface area contributed by atoms with Gasteiger partial charge < -0.3 is 5.73 Å². The largest absolute Gasteiger partial charge is 0.404 e. The van der Waals surface area contributed by atoms with E-state index in [1.165, 1.54) is 43.9 Å². The quantitative estimate of drug-likeness (QED) is 0.187. The summed E-state index contributed by atoms with van der Waals surface area (Å²) in [6.45, 7) is 3.99. The van der Waals surface area contributed by atoms with Crippen LogP contribution >= 0.6 is 0 Å². The van der Waals surface area contributed by atoms with Gasteiger partial charge >= 0.3 is 0 Å². The second kappa shape index (κ2) is 11.4. The molecule has 6 heteroatoms. The highest BCUT2D eigenvalue weighted by Crippen LogP contribution is 2.45. The zero-order valence-electron chi connectivity index (χ0n) is 27.8. The summed E-state index contributed by atoms with van der Waals surface area (Å²) in [6.07, 6.45) is 12.8. The number of aryl methyl sites for hydroxylation is 2. The second-order valence-corrected chi connectivity index (χ2v) is 13.1. The SMILES string of the molecule is C=C/C(=C\N)c1ccc2c(c1)c1ccc3c(c1n2-c1ccccn1)CCc1cc2c4cc(-c5cccnc5)ccc4n(-c4ccccn4)c2cc1-3. The second-order valence-electron chi connectivity index (χ2n) is 13.1. The summed E-state index contributed by atoms with van der Waals surface area (Å²) in [5.41, 5.74) is 20.0. The van der Waals surface area contributed by atoms with Crippen LogP contribution in [0.1, 0.15) is 16.7 Å². The van der Waals surface area contributed by atoms with Gasteiger partial charge in [-0.3, -0.25) is 14.1 Å². The summed E-state index contributed by atoms with van der Waals surface area (Å²) in [5, 5.41) is 4.80. The normalized spacial score (nSPS) is 12.8. The fourth-order valence-electron chi connectivity index (χ4n) is 8.14. The van der Waals surface area contributed by atoms with Crippen LogP contribution in [0, 0.1) is 0 Å². The van der Waals surface area contributed by atoms with Gasteiger partial charge in [0.2, 0.25) is 0 Å². The minimum absolute atomic E-state index is 0.898. The van der Waals surface area contributed by atoms with E-state index in [1.807, 2.05) is 49.1 Å². The van der Waals surface area contributed by atoms with E-state index in [0.717, 1.165) is 68.7 Å². The Morgan fingerprint density at radius 3 is 2.14 bits per heavy atom. The van der Waals surface area contributed by atoms with E-state index in [2.05, 4.69) is 112 Å². The van der Waals surface area contributed by atoms with E-state index in [0.29, 0.717) is 0 Å². The van der Waals surface area contributed by atoms with Crippen molar-refractivity contribution in [2.24, 2.45) is 5.73 Å². The molecule has 242 valence electrons. The van der Waals surface area contributed by atoms with Crippen molar-refractivity contribution in [2.45, 2.75) is 12.8 Å². The van der Waals surface area contributed by atoms with Crippen molar-refractivity contribution in [2.75, 3.05) is 0 Å². The molecule has 0 radical (unpaired) electrons. The van der Waals surface area contributed by atoms with Crippen LogP contribution in [0.25, 0.3) is 83.1 Å². The van der Waals surface area contributed by atoms with Crippen LogP contribution in [0.3, 0.4) is 0 Å². The molecule has 0 atom stereocenters. The lowest BCUT2D eigenvalue weighted by Gasteiger charge is -2.22. The third-order valence-electron chi connectivity index (χ3n) is 10.4. The summed E-state index contributed by atoms with van der Waals surface area (Å²) in [6, 6.07) is 39.0. The number of nitrogens with zero attached hydrogens (tertiary/aromatic N) is 5. The fourth-order valence-corrected chi connectivity index (χ4v) is 8.14. The van der Waals surface area contributed by atoms with Gasteiger partial charge in [0.05, 0.1) is 22.1 Å². The van der Waals surface area contributed by atoms with Crippen molar-refractivity contribution in [3.63, 3.8) is 0 Å². The molecule has 0 aliphatic heterocycles. The van der Waals surface area contributed by atoms with Crippen LogP contribution in [-0.4, -0.2) is 24.1 Å². The Morgan fingerprint density at radius 2 is 1.39 bits per heavy atom. The average Bonchev–Trinajstić information content (AvgIpc) is 3.70. The Labute approximate surface area is 294 Å². The third-order valence-corrected chi connectivity index (χ3v) is 10.4. The molecule has 6 nitrogen and oxygen atoms in total. The molecule has 0 amide bonds. The topological polar surface area (TPSA) is 74.6 Å². The van der Waals surface area contributed by atoms with Gasteiger partial charge in [0.1, 0.15) is 11.6 Å². The maximum absolute atomic E-state index is 5.99. The molecule has 0 saturated carbocycles. The molecule has 51 heavy (non-hydrogen) atoms. The van der Waals surface area contributed by atoms with Crippen molar-refractivity contribution in [3.05, 3.63) is 170 Å². The van der Waals surface area contributed by atoms with Gasteiger partial charge in [-0.05, 0) is 119 Å². The van der Waals surface area contributed by atoms with Crippen molar-refractivity contribution in [1.29, 1.82) is 0 Å². The predicted octanol–water partition coefficient (Wildman–Crippen LogP) is 9.98. The third kappa shape index (κ3) is 4.40. The molecular formula is C45H32N6. The summed E-state index contributed by atoms with van der Waals surface area (Å²) >= 11 is 0.